The molecule has 0 amide bonds. The molecule has 0 saturated carbocycles. The largest absolute Gasteiger partial charge is 0.391 e. The minimum absolute atomic E-state index is 0.0851. The summed E-state index contributed by atoms with van der Waals surface area (Å²) < 4.78 is 24.9. The monoisotopic (exact) mass is 301 g/mol. The topological polar surface area (TPSA) is 113 Å². The van der Waals surface area contributed by atoms with Gasteiger partial charge in [0.15, 0.2) is 0 Å². The Morgan fingerprint density at radius 3 is 2.80 bits per heavy atom. The van der Waals surface area contributed by atoms with Crippen molar-refractivity contribution in [3.05, 3.63) is 12.3 Å². The number of hydrogen-bond acceptors (Lipinski definition) is 7. The summed E-state index contributed by atoms with van der Waals surface area (Å²) >= 11 is 0. The second-order valence-electron chi connectivity index (χ2n) is 5.07. The van der Waals surface area contributed by atoms with Crippen LogP contribution in [-0.4, -0.2) is 66.8 Å². The third-order valence-electron chi connectivity index (χ3n) is 3.37. The summed E-state index contributed by atoms with van der Waals surface area (Å²) in [6.45, 7) is 0.759. The first-order chi connectivity index (χ1) is 9.29. The van der Waals surface area contributed by atoms with Crippen LogP contribution in [0.2, 0.25) is 0 Å². The molecular weight excluding hydrogens is 282 g/mol. The number of aromatic nitrogens is 2. The highest BCUT2D eigenvalue weighted by atomic mass is 32.2. The van der Waals surface area contributed by atoms with E-state index in [1.165, 1.54) is 24.6 Å². The van der Waals surface area contributed by atoms with Crippen molar-refractivity contribution in [2.24, 2.45) is 5.92 Å². The molecule has 9 heteroatoms. The summed E-state index contributed by atoms with van der Waals surface area (Å²) in [6, 6.07) is 1.69. The van der Waals surface area contributed by atoms with Crippen LogP contribution < -0.4 is 10.6 Å². The number of anilines is 2. The molecule has 8 nitrogen and oxygen atoms in total. The van der Waals surface area contributed by atoms with Crippen LogP contribution in [0.4, 0.5) is 11.8 Å². The van der Waals surface area contributed by atoms with Crippen LogP contribution in [0.1, 0.15) is 0 Å². The Morgan fingerprint density at radius 2 is 2.20 bits per heavy atom. The molecule has 1 fully saturated rings. The Morgan fingerprint density at radius 1 is 1.50 bits per heavy atom. The van der Waals surface area contributed by atoms with E-state index >= 15 is 0 Å². The maximum Gasteiger partial charge on any atom is 0.221 e. The van der Waals surface area contributed by atoms with Gasteiger partial charge in [-0.1, -0.05) is 0 Å². The predicted octanol–water partition coefficient (Wildman–Crippen LogP) is -1.25. The van der Waals surface area contributed by atoms with Crippen LogP contribution in [0.5, 0.6) is 0 Å². The molecule has 20 heavy (non-hydrogen) atoms. The van der Waals surface area contributed by atoms with Gasteiger partial charge in [0.2, 0.25) is 16.0 Å². The molecule has 3 N–H and O–H groups in total. The van der Waals surface area contributed by atoms with Crippen molar-refractivity contribution in [2.45, 2.75) is 6.10 Å². The number of sulfonamides is 1. The zero-order chi connectivity index (χ0) is 14.9. The number of nitrogens with zero attached hydrogens (tertiary/aromatic N) is 4. The normalized spacial score (nSPS) is 23.5. The summed E-state index contributed by atoms with van der Waals surface area (Å²) in [5.74, 6) is 0.319. The fraction of sp³-hybridized carbons (Fsp3) is 0.636. The molecule has 0 spiro atoms. The lowest BCUT2D eigenvalue weighted by atomic mass is 10.1. The van der Waals surface area contributed by atoms with Crippen molar-refractivity contribution in [3.8, 4) is 0 Å². The summed E-state index contributed by atoms with van der Waals surface area (Å²) in [7, 11) is -0.368. The smallest absolute Gasteiger partial charge is 0.221 e. The van der Waals surface area contributed by atoms with E-state index in [0.29, 0.717) is 18.9 Å². The van der Waals surface area contributed by atoms with E-state index in [9.17, 15) is 13.5 Å². The van der Waals surface area contributed by atoms with Gasteiger partial charge in [-0.15, -0.1) is 0 Å². The van der Waals surface area contributed by atoms with Crippen LogP contribution in [0.15, 0.2) is 12.3 Å². The molecule has 0 aliphatic carbocycles. The molecule has 1 aliphatic rings. The van der Waals surface area contributed by atoms with Crippen molar-refractivity contribution in [3.63, 3.8) is 0 Å². The van der Waals surface area contributed by atoms with E-state index in [1.54, 1.807) is 6.07 Å². The van der Waals surface area contributed by atoms with Crippen molar-refractivity contribution in [1.29, 1.82) is 0 Å². The van der Waals surface area contributed by atoms with Crippen LogP contribution >= 0.6 is 0 Å². The zero-order valence-electron chi connectivity index (χ0n) is 11.5. The standard InChI is InChI=1S/C11H19N5O3S/c1-15(2)20(18,19)7-8-5-16(6-9(8)17)10-3-4-13-11(12)14-10/h3-4,8-9,17H,5-7H2,1-2H3,(H2,12,13,14)/t8-,9+/m0/s1. The maximum absolute atomic E-state index is 11.9. The lowest BCUT2D eigenvalue weighted by Gasteiger charge is -2.18. The van der Waals surface area contributed by atoms with Crippen molar-refractivity contribution in [2.75, 3.05) is 43.6 Å². The molecule has 1 aromatic rings. The van der Waals surface area contributed by atoms with Crippen LogP contribution in [0.3, 0.4) is 0 Å². The quantitative estimate of drug-likeness (QED) is 0.714. The van der Waals surface area contributed by atoms with Gasteiger partial charge in [-0.3, -0.25) is 0 Å². The van der Waals surface area contributed by atoms with Crippen LogP contribution in [-0.2, 0) is 10.0 Å². The lowest BCUT2D eigenvalue weighted by Crippen LogP contribution is -2.33. The van der Waals surface area contributed by atoms with Gasteiger partial charge in [0, 0.05) is 39.3 Å². The molecule has 1 saturated heterocycles. The summed E-state index contributed by atoms with van der Waals surface area (Å²) in [5.41, 5.74) is 5.52. The molecule has 0 radical (unpaired) electrons. The van der Waals surface area contributed by atoms with Crippen molar-refractivity contribution in [1.82, 2.24) is 14.3 Å². The predicted molar refractivity (Wildman–Crippen MR) is 75.6 cm³/mol. The van der Waals surface area contributed by atoms with Crippen molar-refractivity contribution < 1.29 is 13.5 Å². The fourth-order valence-corrected chi connectivity index (χ4v) is 3.33. The average molecular weight is 301 g/mol. The van der Waals surface area contributed by atoms with Crippen LogP contribution in [0.25, 0.3) is 0 Å². The molecule has 0 unspecified atom stereocenters. The first kappa shape index (κ1) is 14.9. The maximum atomic E-state index is 11.9. The Labute approximate surface area is 118 Å². The first-order valence-electron chi connectivity index (χ1n) is 6.21. The third kappa shape index (κ3) is 3.17. The van der Waals surface area contributed by atoms with Gasteiger partial charge in [0.25, 0.3) is 0 Å². The molecule has 2 rings (SSSR count). The number of aliphatic hydroxyl groups is 1. The van der Waals surface area contributed by atoms with Gasteiger partial charge in [0.05, 0.1) is 11.9 Å². The van der Waals surface area contributed by atoms with Gasteiger partial charge in [-0.25, -0.2) is 17.7 Å². The average Bonchev–Trinajstić information content (AvgIpc) is 2.70. The van der Waals surface area contributed by atoms with Gasteiger partial charge in [0.1, 0.15) is 5.82 Å². The van der Waals surface area contributed by atoms with E-state index in [4.69, 9.17) is 5.73 Å². The van der Waals surface area contributed by atoms with E-state index in [2.05, 4.69) is 9.97 Å². The molecular formula is C11H19N5O3S. The number of aliphatic hydroxyl groups excluding tert-OH is 1. The van der Waals surface area contributed by atoms with Crippen LogP contribution in [0, 0.1) is 5.92 Å². The highest BCUT2D eigenvalue weighted by molar-refractivity contribution is 7.89. The SMILES string of the molecule is CN(C)S(=O)(=O)C[C@@H]1CN(c2ccnc(N)n2)C[C@H]1O. The van der Waals surface area contributed by atoms with Gasteiger partial charge >= 0.3 is 0 Å². The molecule has 112 valence electrons. The molecule has 1 aromatic heterocycles. The Kier molecular flexibility index (Phi) is 4.11. The molecule has 2 heterocycles. The number of β-amino-alcohol motifs (C(OH)–C–C–N with tert-alkyl or cyclic N) is 1. The Hall–Kier alpha value is -1.45. The summed E-state index contributed by atoms with van der Waals surface area (Å²) in [5, 5.41) is 10.0. The Balaban J connectivity index is 2.10. The van der Waals surface area contributed by atoms with E-state index < -0.39 is 16.1 Å². The van der Waals surface area contributed by atoms with E-state index in [-0.39, 0.29) is 17.6 Å². The Bertz CT molecular complexity index is 577. The summed E-state index contributed by atoms with van der Waals surface area (Å²) in [4.78, 5) is 9.70. The summed E-state index contributed by atoms with van der Waals surface area (Å²) in [6.07, 6.45) is 0.828. The zero-order valence-corrected chi connectivity index (χ0v) is 12.3. The molecule has 2 atom stereocenters. The lowest BCUT2D eigenvalue weighted by molar-refractivity contribution is 0.157. The number of rotatable bonds is 4. The number of hydrogen-bond donors (Lipinski definition) is 2. The second kappa shape index (κ2) is 5.51. The number of nitrogen functional groups attached to an aromatic ring is 1. The van der Waals surface area contributed by atoms with Gasteiger partial charge in [-0.2, -0.15) is 4.98 Å². The minimum Gasteiger partial charge on any atom is -0.391 e. The molecule has 1 aliphatic heterocycles. The third-order valence-corrected chi connectivity index (χ3v) is 5.33. The van der Waals surface area contributed by atoms with Gasteiger partial charge in [-0.05, 0) is 6.07 Å². The highest BCUT2D eigenvalue weighted by Gasteiger charge is 2.35. The molecule has 0 bridgehead atoms. The van der Waals surface area contributed by atoms with Gasteiger partial charge < -0.3 is 15.7 Å². The first-order valence-corrected chi connectivity index (χ1v) is 7.82. The highest BCUT2D eigenvalue weighted by Crippen LogP contribution is 2.24. The van der Waals surface area contributed by atoms with E-state index in [0.717, 1.165) is 0 Å². The van der Waals surface area contributed by atoms with Crippen molar-refractivity contribution >= 4 is 21.8 Å². The number of nitrogens with two attached hydrogens (primary N) is 1. The second-order valence-corrected chi connectivity index (χ2v) is 7.29. The fourth-order valence-electron chi connectivity index (χ4n) is 2.16. The minimum atomic E-state index is -3.34. The van der Waals surface area contributed by atoms with E-state index in [1.807, 2.05) is 4.90 Å². The molecule has 0 aromatic carbocycles.